The van der Waals surface area contributed by atoms with Gasteiger partial charge in [-0.2, -0.15) is 5.10 Å². The highest BCUT2D eigenvalue weighted by Crippen LogP contribution is 2.21. The highest BCUT2D eigenvalue weighted by Gasteiger charge is 2.19. The molecule has 1 amide bonds. The molecule has 4 heteroatoms. The molecule has 0 spiro atoms. The van der Waals surface area contributed by atoms with Crippen molar-refractivity contribution in [3.05, 3.63) is 47.7 Å². The van der Waals surface area contributed by atoms with Gasteiger partial charge in [0.2, 0.25) is 5.91 Å². The van der Waals surface area contributed by atoms with E-state index in [0.717, 1.165) is 30.5 Å². The third-order valence-electron chi connectivity index (χ3n) is 3.33. The second kappa shape index (κ2) is 6.89. The molecule has 4 nitrogen and oxygen atoms in total. The molecule has 2 N–H and O–H groups in total. The molecule has 1 aromatic heterocycles. The Bertz CT molecular complexity index is 548. The third-order valence-corrected chi connectivity index (χ3v) is 3.33. The van der Waals surface area contributed by atoms with E-state index in [1.54, 1.807) is 0 Å². The highest BCUT2D eigenvalue weighted by atomic mass is 16.1. The lowest BCUT2D eigenvalue weighted by Crippen LogP contribution is -2.20. The number of aromatic amines is 1. The zero-order valence-corrected chi connectivity index (χ0v) is 12.0. The van der Waals surface area contributed by atoms with Gasteiger partial charge in [-0.05, 0) is 18.4 Å². The molecular formula is C16H21N3O. The highest BCUT2D eigenvalue weighted by molar-refractivity contribution is 5.95. The van der Waals surface area contributed by atoms with Gasteiger partial charge in [-0.3, -0.25) is 9.89 Å². The Labute approximate surface area is 119 Å². The molecule has 20 heavy (non-hydrogen) atoms. The normalized spacial score (nSPS) is 12.1. The second-order valence-electron chi connectivity index (χ2n) is 4.89. The molecule has 1 atom stereocenters. The van der Waals surface area contributed by atoms with Crippen LogP contribution in [0.25, 0.3) is 0 Å². The minimum absolute atomic E-state index is 0.00625. The molecule has 0 saturated carbocycles. The molecule has 1 heterocycles. The van der Waals surface area contributed by atoms with Gasteiger partial charge in [0.05, 0.1) is 5.92 Å². The molecule has 106 valence electrons. The van der Waals surface area contributed by atoms with Crippen LogP contribution in [0.4, 0.5) is 5.82 Å². The lowest BCUT2D eigenvalue weighted by molar-refractivity contribution is -0.117. The standard InChI is InChI=1S/C16H21N3O/c1-3-8-13-11-15(19-18-13)17-16(20)14(4-2)12-9-6-5-7-10-12/h5-7,9-11,14H,3-4,8H2,1-2H3,(H2,17,18,19,20). The van der Waals surface area contributed by atoms with Crippen LogP contribution in [-0.4, -0.2) is 16.1 Å². The number of H-pyrrole nitrogens is 1. The number of rotatable bonds is 6. The fourth-order valence-electron chi connectivity index (χ4n) is 2.29. The summed E-state index contributed by atoms with van der Waals surface area (Å²) in [6, 6.07) is 11.7. The Morgan fingerprint density at radius 3 is 2.70 bits per heavy atom. The van der Waals surface area contributed by atoms with Crippen molar-refractivity contribution in [2.45, 2.75) is 39.0 Å². The third kappa shape index (κ3) is 3.47. The molecule has 1 unspecified atom stereocenters. The molecule has 0 fully saturated rings. The first kappa shape index (κ1) is 14.3. The number of carbonyl (C=O) groups excluding carboxylic acids is 1. The molecule has 1 aromatic carbocycles. The van der Waals surface area contributed by atoms with Crippen molar-refractivity contribution in [3.8, 4) is 0 Å². The van der Waals surface area contributed by atoms with E-state index in [2.05, 4.69) is 22.4 Å². The molecule has 2 rings (SSSR count). The first-order chi connectivity index (χ1) is 9.74. The molecule has 0 saturated heterocycles. The maximum Gasteiger partial charge on any atom is 0.233 e. The number of aryl methyl sites for hydroxylation is 1. The summed E-state index contributed by atoms with van der Waals surface area (Å²) in [5.41, 5.74) is 2.09. The number of nitrogens with one attached hydrogen (secondary N) is 2. The summed E-state index contributed by atoms with van der Waals surface area (Å²) in [7, 11) is 0. The number of amides is 1. The summed E-state index contributed by atoms with van der Waals surface area (Å²) in [4.78, 5) is 12.3. The van der Waals surface area contributed by atoms with Crippen molar-refractivity contribution in [3.63, 3.8) is 0 Å². The van der Waals surface area contributed by atoms with Crippen LogP contribution in [0.1, 0.15) is 43.9 Å². The van der Waals surface area contributed by atoms with E-state index in [1.807, 2.05) is 43.3 Å². The lowest BCUT2D eigenvalue weighted by atomic mass is 9.96. The molecule has 0 aliphatic rings. The van der Waals surface area contributed by atoms with Crippen LogP contribution in [0.15, 0.2) is 36.4 Å². The van der Waals surface area contributed by atoms with Gasteiger partial charge in [-0.15, -0.1) is 0 Å². The van der Waals surface area contributed by atoms with Gasteiger partial charge < -0.3 is 5.32 Å². The van der Waals surface area contributed by atoms with Crippen LogP contribution in [0.5, 0.6) is 0 Å². The van der Waals surface area contributed by atoms with Crippen LogP contribution in [-0.2, 0) is 11.2 Å². The summed E-state index contributed by atoms with van der Waals surface area (Å²) in [6.07, 6.45) is 2.76. The molecule has 2 aromatic rings. The number of benzene rings is 1. The summed E-state index contributed by atoms with van der Waals surface area (Å²) >= 11 is 0. The summed E-state index contributed by atoms with van der Waals surface area (Å²) in [5, 5.41) is 9.96. The Hall–Kier alpha value is -2.10. The SMILES string of the molecule is CCCc1cc(NC(=O)C(CC)c2ccccc2)n[nH]1. The van der Waals surface area contributed by atoms with Crippen LogP contribution >= 0.6 is 0 Å². The number of nitrogens with zero attached hydrogens (tertiary/aromatic N) is 1. The Morgan fingerprint density at radius 1 is 1.30 bits per heavy atom. The van der Waals surface area contributed by atoms with E-state index in [-0.39, 0.29) is 11.8 Å². The van der Waals surface area contributed by atoms with E-state index in [4.69, 9.17) is 0 Å². The predicted octanol–water partition coefficient (Wildman–Crippen LogP) is 3.49. The van der Waals surface area contributed by atoms with Crippen molar-refractivity contribution in [2.24, 2.45) is 0 Å². The second-order valence-corrected chi connectivity index (χ2v) is 4.89. The quantitative estimate of drug-likeness (QED) is 0.845. The Morgan fingerprint density at radius 2 is 2.05 bits per heavy atom. The Balaban J connectivity index is 2.05. The topological polar surface area (TPSA) is 57.8 Å². The fraction of sp³-hybridized carbons (Fsp3) is 0.375. The minimum Gasteiger partial charge on any atom is -0.309 e. The first-order valence-corrected chi connectivity index (χ1v) is 7.14. The van der Waals surface area contributed by atoms with Gasteiger partial charge in [0.1, 0.15) is 0 Å². The Kier molecular flexibility index (Phi) is 4.93. The van der Waals surface area contributed by atoms with Crippen molar-refractivity contribution >= 4 is 11.7 Å². The lowest BCUT2D eigenvalue weighted by Gasteiger charge is -2.14. The fourth-order valence-corrected chi connectivity index (χ4v) is 2.29. The van der Waals surface area contributed by atoms with Gasteiger partial charge >= 0.3 is 0 Å². The van der Waals surface area contributed by atoms with E-state index in [9.17, 15) is 4.79 Å². The number of hydrogen-bond donors (Lipinski definition) is 2. The number of carbonyl (C=O) groups is 1. The van der Waals surface area contributed by atoms with Crippen molar-refractivity contribution in [1.82, 2.24) is 10.2 Å². The number of aromatic nitrogens is 2. The number of hydrogen-bond acceptors (Lipinski definition) is 2. The van der Waals surface area contributed by atoms with Crippen LogP contribution in [0.3, 0.4) is 0 Å². The molecule has 0 aliphatic carbocycles. The maximum atomic E-state index is 12.3. The van der Waals surface area contributed by atoms with Gasteiger partial charge in [0.15, 0.2) is 5.82 Å². The molecule has 0 aliphatic heterocycles. The monoisotopic (exact) mass is 271 g/mol. The van der Waals surface area contributed by atoms with E-state index < -0.39 is 0 Å². The molecular weight excluding hydrogens is 250 g/mol. The van der Waals surface area contributed by atoms with Crippen LogP contribution in [0.2, 0.25) is 0 Å². The van der Waals surface area contributed by atoms with Gasteiger partial charge in [-0.25, -0.2) is 0 Å². The van der Waals surface area contributed by atoms with Crippen molar-refractivity contribution in [1.29, 1.82) is 0 Å². The largest absolute Gasteiger partial charge is 0.309 e. The van der Waals surface area contributed by atoms with E-state index >= 15 is 0 Å². The molecule has 0 bridgehead atoms. The summed E-state index contributed by atoms with van der Waals surface area (Å²) in [6.45, 7) is 4.13. The van der Waals surface area contributed by atoms with Gasteiger partial charge in [0, 0.05) is 11.8 Å². The van der Waals surface area contributed by atoms with Crippen molar-refractivity contribution in [2.75, 3.05) is 5.32 Å². The maximum absolute atomic E-state index is 12.3. The molecule has 0 radical (unpaired) electrons. The smallest absolute Gasteiger partial charge is 0.233 e. The van der Waals surface area contributed by atoms with Crippen LogP contribution in [0, 0.1) is 0 Å². The van der Waals surface area contributed by atoms with Crippen molar-refractivity contribution < 1.29 is 4.79 Å². The first-order valence-electron chi connectivity index (χ1n) is 7.14. The minimum atomic E-state index is -0.137. The number of anilines is 1. The predicted molar refractivity (Wildman–Crippen MR) is 80.7 cm³/mol. The average molecular weight is 271 g/mol. The van der Waals surface area contributed by atoms with E-state index in [1.165, 1.54) is 0 Å². The van der Waals surface area contributed by atoms with Gasteiger partial charge in [-0.1, -0.05) is 50.6 Å². The zero-order valence-electron chi connectivity index (χ0n) is 12.0. The van der Waals surface area contributed by atoms with E-state index in [0.29, 0.717) is 5.82 Å². The van der Waals surface area contributed by atoms with Crippen LogP contribution < -0.4 is 5.32 Å². The summed E-state index contributed by atoms with van der Waals surface area (Å²) in [5.74, 6) is 0.462. The summed E-state index contributed by atoms with van der Waals surface area (Å²) < 4.78 is 0. The average Bonchev–Trinajstić information content (AvgIpc) is 2.88. The van der Waals surface area contributed by atoms with Gasteiger partial charge in [0.25, 0.3) is 0 Å². The zero-order chi connectivity index (χ0) is 14.4.